The van der Waals surface area contributed by atoms with E-state index in [2.05, 4.69) is 22.2 Å². The van der Waals surface area contributed by atoms with Gasteiger partial charge in [-0.2, -0.15) is 0 Å². The molecule has 19 heavy (non-hydrogen) atoms. The number of nitrogens with one attached hydrogen (secondary N) is 1. The molecule has 1 saturated heterocycles. The predicted molar refractivity (Wildman–Crippen MR) is 78.7 cm³/mol. The van der Waals surface area contributed by atoms with Crippen LogP contribution in [0.5, 0.6) is 5.88 Å². The van der Waals surface area contributed by atoms with Crippen molar-refractivity contribution in [2.24, 2.45) is 5.92 Å². The standard InChI is InChI=1S/C15H25N3O/c1-12(2)19-15-14(7-4-8-16-15)17-10-13-6-5-9-18(3)11-13/h4,7-8,12-13,17H,5-6,9-11H2,1-3H3. The Labute approximate surface area is 116 Å². The Balaban J connectivity index is 1.91. The second-order valence-corrected chi connectivity index (χ2v) is 5.67. The quantitative estimate of drug-likeness (QED) is 0.886. The first-order valence-electron chi connectivity index (χ1n) is 7.19. The molecule has 106 valence electrons. The van der Waals surface area contributed by atoms with Crippen molar-refractivity contribution in [3.8, 4) is 5.88 Å². The topological polar surface area (TPSA) is 37.4 Å². The van der Waals surface area contributed by atoms with Crippen LogP contribution in [-0.4, -0.2) is 42.7 Å². The molecule has 0 aliphatic carbocycles. The number of likely N-dealkylation sites (tertiary alicyclic amines) is 1. The maximum atomic E-state index is 5.72. The molecule has 2 rings (SSSR count). The van der Waals surface area contributed by atoms with Crippen LogP contribution in [0.2, 0.25) is 0 Å². The van der Waals surface area contributed by atoms with Gasteiger partial charge in [0.15, 0.2) is 0 Å². The summed E-state index contributed by atoms with van der Waals surface area (Å²) in [6.45, 7) is 7.44. The van der Waals surface area contributed by atoms with Gasteiger partial charge in [-0.15, -0.1) is 0 Å². The lowest BCUT2D eigenvalue weighted by atomic mass is 9.98. The number of aromatic nitrogens is 1. The number of ether oxygens (including phenoxy) is 1. The first kappa shape index (κ1) is 14.1. The van der Waals surface area contributed by atoms with Crippen molar-refractivity contribution in [2.75, 3.05) is 32.0 Å². The Morgan fingerprint density at radius 3 is 3.11 bits per heavy atom. The number of anilines is 1. The maximum Gasteiger partial charge on any atom is 0.237 e. The highest BCUT2D eigenvalue weighted by Gasteiger charge is 2.17. The maximum absolute atomic E-state index is 5.72. The minimum absolute atomic E-state index is 0.149. The number of nitrogens with zero attached hydrogens (tertiary/aromatic N) is 2. The zero-order chi connectivity index (χ0) is 13.7. The van der Waals surface area contributed by atoms with Crippen LogP contribution < -0.4 is 10.1 Å². The molecule has 0 bridgehead atoms. The molecule has 1 aromatic rings. The summed E-state index contributed by atoms with van der Waals surface area (Å²) in [7, 11) is 2.20. The molecule has 1 aliphatic heterocycles. The molecule has 1 unspecified atom stereocenters. The molecular formula is C15H25N3O. The third-order valence-corrected chi connectivity index (χ3v) is 3.42. The van der Waals surface area contributed by atoms with Gasteiger partial charge in [-0.3, -0.25) is 0 Å². The van der Waals surface area contributed by atoms with Crippen molar-refractivity contribution >= 4 is 5.69 Å². The molecule has 1 aliphatic rings. The van der Waals surface area contributed by atoms with E-state index in [-0.39, 0.29) is 6.10 Å². The molecule has 1 aromatic heterocycles. The fourth-order valence-electron chi connectivity index (χ4n) is 2.54. The third-order valence-electron chi connectivity index (χ3n) is 3.42. The van der Waals surface area contributed by atoms with Crippen molar-refractivity contribution in [1.29, 1.82) is 0 Å². The van der Waals surface area contributed by atoms with Crippen LogP contribution in [0.1, 0.15) is 26.7 Å². The molecule has 2 heterocycles. The third kappa shape index (κ3) is 4.39. The summed E-state index contributed by atoms with van der Waals surface area (Å²) in [5.41, 5.74) is 1.00. The Morgan fingerprint density at radius 1 is 1.53 bits per heavy atom. The van der Waals surface area contributed by atoms with Gasteiger partial charge < -0.3 is 15.0 Å². The second-order valence-electron chi connectivity index (χ2n) is 5.67. The molecular weight excluding hydrogens is 238 g/mol. The summed E-state index contributed by atoms with van der Waals surface area (Å²) in [5.74, 6) is 1.42. The highest BCUT2D eigenvalue weighted by atomic mass is 16.5. The Morgan fingerprint density at radius 2 is 2.37 bits per heavy atom. The van der Waals surface area contributed by atoms with Crippen molar-refractivity contribution < 1.29 is 4.74 Å². The Kier molecular flexibility index (Phi) is 5.02. The molecule has 4 nitrogen and oxygen atoms in total. The van der Waals surface area contributed by atoms with Gasteiger partial charge in [0, 0.05) is 19.3 Å². The molecule has 1 fully saturated rings. The minimum Gasteiger partial charge on any atom is -0.473 e. The summed E-state index contributed by atoms with van der Waals surface area (Å²) >= 11 is 0. The number of hydrogen-bond acceptors (Lipinski definition) is 4. The van der Waals surface area contributed by atoms with Gasteiger partial charge in [0.2, 0.25) is 5.88 Å². The largest absolute Gasteiger partial charge is 0.473 e. The highest BCUT2D eigenvalue weighted by molar-refractivity contribution is 5.52. The average Bonchev–Trinajstić information content (AvgIpc) is 2.37. The summed E-state index contributed by atoms with van der Waals surface area (Å²) in [6.07, 6.45) is 4.52. The van der Waals surface area contributed by atoms with Crippen molar-refractivity contribution in [3.63, 3.8) is 0 Å². The number of piperidine rings is 1. The van der Waals surface area contributed by atoms with E-state index in [1.165, 1.54) is 25.9 Å². The van der Waals surface area contributed by atoms with Gasteiger partial charge in [0.25, 0.3) is 0 Å². The van der Waals surface area contributed by atoms with Crippen molar-refractivity contribution in [1.82, 2.24) is 9.88 Å². The van der Waals surface area contributed by atoms with Crippen LogP contribution in [0, 0.1) is 5.92 Å². The normalized spacial score (nSPS) is 20.5. The zero-order valence-corrected chi connectivity index (χ0v) is 12.2. The van der Waals surface area contributed by atoms with Gasteiger partial charge >= 0.3 is 0 Å². The first-order chi connectivity index (χ1) is 9.15. The van der Waals surface area contributed by atoms with Gasteiger partial charge in [-0.25, -0.2) is 4.98 Å². The SMILES string of the molecule is CC(C)Oc1ncccc1NCC1CCCN(C)C1. The second kappa shape index (κ2) is 6.75. The van der Waals surface area contributed by atoms with Crippen molar-refractivity contribution in [3.05, 3.63) is 18.3 Å². The van der Waals surface area contributed by atoms with E-state index in [0.29, 0.717) is 11.8 Å². The van der Waals surface area contributed by atoms with Crippen LogP contribution in [0.4, 0.5) is 5.69 Å². The van der Waals surface area contributed by atoms with Crippen LogP contribution in [0.3, 0.4) is 0 Å². The number of rotatable bonds is 5. The number of pyridine rings is 1. The smallest absolute Gasteiger partial charge is 0.237 e. The van der Waals surface area contributed by atoms with E-state index in [4.69, 9.17) is 4.74 Å². The monoisotopic (exact) mass is 263 g/mol. The average molecular weight is 263 g/mol. The lowest BCUT2D eigenvalue weighted by molar-refractivity contribution is 0.216. The van der Waals surface area contributed by atoms with Crippen molar-refractivity contribution in [2.45, 2.75) is 32.8 Å². The zero-order valence-electron chi connectivity index (χ0n) is 12.2. The van der Waals surface area contributed by atoms with E-state index in [1.54, 1.807) is 6.20 Å². The minimum atomic E-state index is 0.149. The Bertz CT molecular complexity index is 395. The van der Waals surface area contributed by atoms with Gasteiger partial charge in [-0.05, 0) is 58.3 Å². The van der Waals surface area contributed by atoms with Gasteiger partial charge in [-0.1, -0.05) is 0 Å². The van der Waals surface area contributed by atoms with Crippen LogP contribution in [0.25, 0.3) is 0 Å². The molecule has 0 radical (unpaired) electrons. The van der Waals surface area contributed by atoms with E-state index >= 15 is 0 Å². The van der Waals surface area contributed by atoms with Crippen LogP contribution in [0.15, 0.2) is 18.3 Å². The molecule has 1 atom stereocenters. The van der Waals surface area contributed by atoms with E-state index in [0.717, 1.165) is 12.2 Å². The predicted octanol–water partition coefficient (Wildman–Crippen LogP) is 2.62. The van der Waals surface area contributed by atoms with E-state index in [1.807, 2.05) is 26.0 Å². The highest BCUT2D eigenvalue weighted by Crippen LogP contribution is 2.23. The van der Waals surface area contributed by atoms with Crippen LogP contribution >= 0.6 is 0 Å². The molecule has 4 heteroatoms. The molecule has 1 N–H and O–H groups in total. The fourth-order valence-corrected chi connectivity index (χ4v) is 2.54. The summed E-state index contributed by atoms with van der Waals surface area (Å²) in [4.78, 5) is 6.71. The van der Waals surface area contributed by atoms with E-state index < -0.39 is 0 Å². The summed E-state index contributed by atoms with van der Waals surface area (Å²) in [5, 5.41) is 3.49. The molecule has 0 spiro atoms. The Hall–Kier alpha value is -1.29. The van der Waals surface area contributed by atoms with Crippen LogP contribution in [-0.2, 0) is 0 Å². The lowest BCUT2D eigenvalue weighted by Gasteiger charge is -2.30. The number of hydrogen-bond donors (Lipinski definition) is 1. The van der Waals surface area contributed by atoms with E-state index in [9.17, 15) is 0 Å². The lowest BCUT2D eigenvalue weighted by Crippen LogP contribution is -2.35. The first-order valence-corrected chi connectivity index (χ1v) is 7.19. The summed E-state index contributed by atoms with van der Waals surface area (Å²) < 4.78 is 5.72. The summed E-state index contributed by atoms with van der Waals surface area (Å²) in [6, 6.07) is 3.99. The van der Waals surface area contributed by atoms with Gasteiger partial charge in [0.1, 0.15) is 0 Å². The fraction of sp³-hybridized carbons (Fsp3) is 0.667. The molecule has 0 aromatic carbocycles. The molecule has 0 amide bonds. The van der Waals surface area contributed by atoms with Gasteiger partial charge in [0.05, 0.1) is 11.8 Å². The molecule has 0 saturated carbocycles.